The van der Waals surface area contributed by atoms with Gasteiger partial charge in [0.05, 0.1) is 12.1 Å². The van der Waals surface area contributed by atoms with Crippen LogP contribution in [0.1, 0.15) is 49.5 Å². The first-order valence-electron chi connectivity index (χ1n) is 5.67. The average molecular weight is 241 g/mol. The van der Waals surface area contributed by atoms with E-state index in [9.17, 15) is 9.90 Å². The van der Waals surface area contributed by atoms with Crippen molar-refractivity contribution in [3.8, 4) is 0 Å². The number of nitrogens with one attached hydrogen (secondary N) is 1. The molecule has 0 amide bonds. The lowest BCUT2D eigenvalue weighted by atomic mass is 10.1. The minimum Gasteiger partial charge on any atom is -0.475 e. The maximum atomic E-state index is 10.7. The van der Waals surface area contributed by atoms with Gasteiger partial charge in [-0.3, -0.25) is 0 Å². The fourth-order valence-corrected chi connectivity index (χ4v) is 1.79. The Kier molecular flexibility index (Phi) is 4.72. The summed E-state index contributed by atoms with van der Waals surface area (Å²) in [5.74, 6) is -0.544. The molecule has 0 bridgehead atoms. The molecule has 3 atom stereocenters. The first kappa shape index (κ1) is 13.7. The predicted molar refractivity (Wildman–Crippen MR) is 63.0 cm³/mol. The summed E-state index contributed by atoms with van der Waals surface area (Å²) >= 11 is 0. The van der Waals surface area contributed by atoms with Crippen LogP contribution in [-0.2, 0) is 0 Å². The third-order valence-electron chi connectivity index (χ3n) is 2.49. The summed E-state index contributed by atoms with van der Waals surface area (Å²) in [4.78, 5) is 10.7. The quantitative estimate of drug-likeness (QED) is 0.707. The molecule has 0 saturated carbocycles. The molecule has 0 aliphatic rings. The molecule has 3 N–H and O–H groups in total. The zero-order valence-electron chi connectivity index (χ0n) is 10.3. The highest BCUT2D eigenvalue weighted by atomic mass is 16.4. The molecule has 0 saturated heterocycles. The Morgan fingerprint density at radius 3 is 2.53 bits per heavy atom. The van der Waals surface area contributed by atoms with Crippen molar-refractivity contribution in [3.63, 3.8) is 0 Å². The highest BCUT2D eigenvalue weighted by molar-refractivity contribution is 5.84. The topological polar surface area (TPSA) is 82.7 Å². The van der Waals surface area contributed by atoms with Gasteiger partial charge in [0.25, 0.3) is 0 Å². The van der Waals surface area contributed by atoms with Crippen LogP contribution in [0.4, 0.5) is 0 Å². The van der Waals surface area contributed by atoms with E-state index < -0.39 is 5.97 Å². The Bertz CT molecular complexity index is 372. The molecule has 1 aromatic rings. The first-order valence-corrected chi connectivity index (χ1v) is 5.67. The summed E-state index contributed by atoms with van der Waals surface area (Å²) in [6, 6.07) is 3.13. The summed E-state index contributed by atoms with van der Waals surface area (Å²) in [5, 5.41) is 21.2. The van der Waals surface area contributed by atoms with Gasteiger partial charge >= 0.3 is 5.97 Å². The summed E-state index contributed by atoms with van der Waals surface area (Å²) < 4.78 is 5.19. The number of hydrogen-bond acceptors (Lipinski definition) is 4. The van der Waals surface area contributed by atoms with Gasteiger partial charge in [0.1, 0.15) is 5.76 Å². The van der Waals surface area contributed by atoms with Crippen molar-refractivity contribution in [2.45, 2.75) is 45.4 Å². The average Bonchev–Trinajstić information content (AvgIpc) is 2.64. The van der Waals surface area contributed by atoms with Gasteiger partial charge in [0.15, 0.2) is 0 Å². The Hall–Kier alpha value is -1.33. The van der Waals surface area contributed by atoms with Gasteiger partial charge in [-0.2, -0.15) is 0 Å². The van der Waals surface area contributed by atoms with E-state index in [1.807, 2.05) is 13.8 Å². The fourth-order valence-electron chi connectivity index (χ4n) is 1.79. The molecule has 3 unspecified atom stereocenters. The van der Waals surface area contributed by atoms with Crippen molar-refractivity contribution in [1.82, 2.24) is 5.32 Å². The van der Waals surface area contributed by atoms with E-state index in [1.54, 1.807) is 13.0 Å². The van der Waals surface area contributed by atoms with Crippen LogP contribution < -0.4 is 5.32 Å². The third kappa shape index (κ3) is 4.20. The predicted octanol–water partition coefficient (Wildman–Crippen LogP) is 1.79. The number of furan rings is 1. The van der Waals surface area contributed by atoms with Gasteiger partial charge in [0.2, 0.25) is 5.76 Å². The zero-order valence-corrected chi connectivity index (χ0v) is 10.3. The van der Waals surface area contributed by atoms with Crippen LogP contribution in [0.5, 0.6) is 0 Å². The highest BCUT2D eigenvalue weighted by Crippen LogP contribution is 2.17. The molecule has 0 aliphatic carbocycles. The second-order valence-electron chi connectivity index (χ2n) is 4.38. The Balaban J connectivity index is 2.57. The molecule has 0 radical (unpaired) electrons. The molecule has 1 rings (SSSR count). The Labute approximate surface area is 100 Å². The van der Waals surface area contributed by atoms with Crippen LogP contribution in [0, 0.1) is 0 Å². The van der Waals surface area contributed by atoms with E-state index in [0.717, 1.165) is 0 Å². The number of hydrogen-bond donors (Lipinski definition) is 3. The van der Waals surface area contributed by atoms with Crippen LogP contribution in [-0.4, -0.2) is 28.3 Å². The molecule has 0 aliphatic heterocycles. The van der Waals surface area contributed by atoms with Gasteiger partial charge < -0.3 is 19.9 Å². The molecule has 1 aromatic heterocycles. The molecule has 0 spiro atoms. The van der Waals surface area contributed by atoms with Gasteiger partial charge in [-0.05, 0) is 39.3 Å². The van der Waals surface area contributed by atoms with Gasteiger partial charge in [0, 0.05) is 6.04 Å². The summed E-state index contributed by atoms with van der Waals surface area (Å²) in [6.45, 7) is 5.59. The lowest BCUT2D eigenvalue weighted by Gasteiger charge is -2.19. The molecule has 0 aromatic carbocycles. The minimum atomic E-state index is -1.07. The Morgan fingerprint density at radius 2 is 2.06 bits per heavy atom. The van der Waals surface area contributed by atoms with E-state index in [1.165, 1.54) is 6.07 Å². The van der Waals surface area contributed by atoms with Crippen molar-refractivity contribution in [1.29, 1.82) is 0 Å². The number of rotatable bonds is 6. The number of carbonyl (C=O) groups is 1. The standard InChI is InChI=1S/C12H19NO4/c1-7(6-8(2)14)13-9(3)10-4-5-11(17-10)12(15)16/h4-5,7-9,13-14H,6H2,1-3H3,(H,15,16). The van der Waals surface area contributed by atoms with Gasteiger partial charge in [-0.1, -0.05) is 0 Å². The molecular formula is C12H19NO4. The molecular weight excluding hydrogens is 222 g/mol. The number of aromatic carboxylic acids is 1. The van der Waals surface area contributed by atoms with Crippen molar-refractivity contribution >= 4 is 5.97 Å². The maximum Gasteiger partial charge on any atom is 0.371 e. The van der Waals surface area contributed by atoms with E-state index in [-0.39, 0.29) is 23.9 Å². The van der Waals surface area contributed by atoms with Crippen molar-refractivity contribution in [2.24, 2.45) is 0 Å². The summed E-state index contributed by atoms with van der Waals surface area (Å²) in [6.07, 6.45) is 0.271. The van der Waals surface area contributed by atoms with Crippen LogP contribution in [0.2, 0.25) is 0 Å². The second-order valence-corrected chi connectivity index (χ2v) is 4.38. The maximum absolute atomic E-state index is 10.7. The largest absolute Gasteiger partial charge is 0.475 e. The van der Waals surface area contributed by atoms with Crippen molar-refractivity contribution in [3.05, 3.63) is 23.7 Å². The molecule has 5 heteroatoms. The second kappa shape index (κ2) is 5.84. The first-order chi connectivity index (χ1) is 7.90. The lowest BCUT2D eigenvalue weighted by Crippen LogP contribution is -2.31. The van der Waals surface area contributed by atoms with E-state index >= 15 is 0 Å². The normalized spacial score (nSPS) is 16.5. The minimum absolute atomic E-state index is 0.0585. The van der Waals surface area contributed by atoms with E-state index in [2.05, 4.69) is 5.32 Å². The molecule has 17 heavy (non-hydrogen) atoms. The van der Waals surface area contributed by atoms with Crippen LogP contribution >= 0.6 is 0 Å². The number of carboxylic acid groups (broad SMARTS) is 1. The molecule has 1 heterocycles. The molecule has 5 nitrogen and oxygen atoms in total. The number of aliphatic hydroxyl groups is 1. The van der Waals surface area contributed by atoms with Gasteiger partial charge in [-0.25, -0.2) is 4.79 Å². The van der Waals surface area contributed by atoms with Gasteiger partial charge in [-0.15, -0.1) is 0 Å². The summed E-state index contributed by atoms with van der Waals surface area (Å²) in [7, 11) is 0. The summed E-state index contributed by atoms with van der Waals surface area (Å²) in [5.41, 5.74) is 0. The highest BCUT2D eigenvalue weighted by Gasteiger charge is 2.16. The monoisotopic (exact) mass is 241 g/mol. The van der Waals surface area contributed by atoms with E-state index in [4.69, 9.17) is 9.52 Å². The number of aliphatic hydroxyl groups excluding tert-OH is 1. The van der Waals surface area contributed by atoms with E-state index in [0.29, 0.717) is 12.2 Å². The smallest absolute Gasteiger partial charge is 0.371 e. The van der Waals surface area contributed by atoms with Crippen molar-refractivity contribution in [2.75, 3.05) is 0 Å². The SMILES string of the molecule is CC(O)CC(C)NC(C)c1ccc(C(=O)O)o1. The fraction of sp³-hybridized carbons (Fsp3) is 0.583. The van der Waals surface area contributed by atoms with Crippen molar-refractivity contribution < 1.29 is 19.4 Å². The molecule has 0 fully saturated rings. The third-order valence-corrected chi connectivity index (χ3v) is 2.49. The van der Waals surface area contributed by atoms with Crippen LogP contribution in [0.25, 0.3) is 0 Å². The zero-order chi connectivity index (χ0) is 13.0. The number of carboxylic acids is 1. The van der Waals surface area contributed by atoms with Crippen LogP contribution in [0.3, 0.4) is 0 Å². The lowest BCUT2D eigenvalue weighted by molar-refractivity contribution is 0.0659. The van der Waals surface area contributed by atoms with Crippen LogP contribution in [0.15, 0.2) is 16.5 Å². The Morgan fingerprint density at radius 1 is 1.41 bits per heavy atom. The molecule has 96 valence electrons.